The van der Waals surface area contributed by atoms with Gasteiger partial charge in [0.2, 0.25) is 0 Å². The number of Topliss-reactive ketones (excluding diaryl/α,β-unsaturated/α-hetero) is 1. The predicted octanol–water partition coefficient (Wildman–Crippen LogP) is 1.68. The van der Waals surface area contributed by atoms with Crippen LogP contribution in [0.2, 0.25) is 0 Å². The molecular weight excluding hydrogens is 238 g/mol. The van der Waals surface area contributed by atoms with Crippen molar-refractivity contribution in [2.45, 2.75) is 49.1 Å². The van der Waals surface area contributed by atoms with Gasteiger partial charge in [-0.05, 0) is 38.2 Å². The van der Waals surface area contributed by atoms with Gasteiger partial charge in [-0.15, -0.1) is 11.6 Å². The van der Waals surface area contributed by atoms with Crippen molar-refractivity contribution < 1.29 is 9.90 Å². The second-order valence-corrected chi connectivity index (χ2v) is 5.99. The van der Waals surface area contributed by atoms with Crippen LogP contribution >= 0.6 is 11.6 Å². The van der Waals surface area contributed by atoms with Crippen molar-refractivity contribution in [1.82, 2.24) is 0 Å². The number of nitrogens with two attached hydrogens (primary N) is 1. The molecule has 4 heteroatoms. The molecule has 3 N–H and O–H groups in total. The average molecular weight is 256 g/mol. The van der Waals surface area contributed by atoms with Gasteiger partial charge in [0, 0.05) is 0 Å². The molecule has 1 fully saturated rings. The van der Waals surface area contributed by atoms with E-state index >= 15 is 0 Å². The van der Waals surface area contributed by atoms with Crippen LogP contribution in [-0.4, -0.2) is 27.4 Å². The predicted molar refractivity (Wildman–Crippen MR) is 67.9 cm³/mol. The molecular formula is C13H18ClNO2. The quantitative estimate of drug-likeness (QED) is 0.701. The number of halogens is 1. The molecule has 3 nitrogen and oxygen atoms in total. The number of allylic oxidation sites excluding steroid dienone is 3. The summed E-state index contributed by atoms with van der Waals surface area (Å²) in [6, 6.07) is 0. The Bertz CT molecular complexity index is 400. The number of aliphatic hydroxyl groups excluding tert-OH is 1. The van der Waals surface area contributed by atoms with Crippen LogP contribution in [0.15, 0.2) is 23.8 Å². The molecule has 0 aromatic rings. The molecule has 17 heavy (non-hydrogen) atoms. The van der Waals surface area contributed by atoms with E-state index in [1.165, 1.54) is 0 Å². The van der Waals surface area contributed by atoms with E-state index in [2.05, 4.69) is 0 Å². The highest BCUT2D eigenvalue weighted by Crippen LogP contribution is 2.42. The number of hydrogen-bond donors (Lipinski definition) is 2. The zero-order valence-corrected chi connectivity index (χ0v) is 10.7. The summed E-state index contributed by atoms with van der Waals surface area (Å²) in [4.78, 5) is 11.5. The summed E-state index contributed by atoms with van der Waals surface area (Å²) in [6.07, 6.45) is 7.18. The Labute approximate surface area is 106 Å². The van der Waals surface area contributed by atoms with Gasteiger partial charge in [0.1, 0.15) is 11.6 Å². The van der Waals surface area contributed by atoms with E-state index in [9.17, 15) is 9.90 Å². The minimum Gasteiger partial charge on any atom is -0.385 e. The fourth-order valence-corrected chi connectivity index (χ4v) is 3.07. The van der Waals surface area contributed by atoms with E-state index < -0.39 is 16.5 Å². The molecule has 0 spiro atoms. The molecule has 0 aliphatic heterocycles. The number of carbonyl (C=O) groups is 1. The normalized spacial score (nSPS) is 42.5. The first kappa shape index (κ1) is 12.8. The summed E-state index contributed by atoms with van der Waals surface area (Å²) in [6.45, 7) is 1.87. The average Bonchev–Trinajstić information content (AvgIpc) is 2.25. The van der Waals surface area contributed by atoms with Gasteiger partial charge in [0.25, 0.3) is 0 Å². The lowest BCUT2D eigenvalue weighted by Gasteiger charge is -2.42. The van der Waals surface area contributed by atoms with Gasteiger partial charge in [-0.25, -0.2) is 0 Å². The first-order valence-corrected chi connectivity index (χ1v) is 6.34. The first-order valence-electron chi connectivity index (χ1n) is 5.96. The number of rotatable bonds is 1. The van der Waals surface area contributed by atoms with Gasteiger partial charge >= 0.3 is 0 Å². The van der Waals surface area contributed by atoms with E-state index in [-0.39, 0.29) is 5.78 Å². The monoisotopic (exact) mass is 255 g/mol. The number of carbonyl (C=O) groups excluding carboxylic acids is 1. The largest absolute Gasteiger partial charge is 0.385 e. The third kappa shape index (κ3) is 2.07. The van der Waals surface area contributed by atoms with Crippen LogP contribution in [0.5, 0.6) is 0 Å². The molecule has 2 aliphatic rings. The highest BCUT2D eigenvalue weighted by Gasteiger charge is 2.49. The Morgan fingerprint density at radius 3 is 2.94 bits per heavy atom. The molecule has 0 heterocycles. The minimum absolute atomic E-state index is 0.294. The zero-order valence-electron chi connectivity index (χ0n) is 9.95. The van der Waals surface area contributed by atoms with Gasteiger partial charge in [0.15, 0.2) is 5.78 Å². The lowest BCUT2D eigenvalue weighted by Crippen LogP contribution is -2.59. The number of hydrogen-bond acceptors (Lipinski definition) is 3. The van der Waals surface area contributed by atoms with Crippen molar-refractivity contribution in [3.8, 4) is 0 Å². The lowest BCUT2D eigenvalue weighted by molar-refractivity contribution is -0.134. The summed E-state index contributed by atoms with van der Waals surface area (Å²) in [5.41, 5.74) is 5.88. The highest BCUT2D eigenvalue weighted by atomic mass is 35.5. The maximum atomic E-state index is 12.1. The van der Waals surface area contributed by atoms with E-state index in [0.717, 1.165) is 12.0 Å². The molecule has 0 saturated heterocycles. The molecule has 3 atom stereocenters. The van der Waals surface area contributed by atoms with Gasteiger partial charge in [-0.1, -0.05) is 18.2 Å². The van der Waals surface area contributed by atoms with E-state index in [4.69, 9.17) is 17.3 Å². The van der Waals surface area contributed by atoms with Crippen LogP contribution in [0.1, 0.15) is 32.6 Å². The Morgan fingerprint density at radius 2 is 2.29 bits per heavy atom. The number of ketones is 1. The fraction of sp³-hybridized carbons (Fsp3) is 0.615. The van der Waals surface area contributed by atoms with Crippen molar-refractivity contribution in [3.05, 3.63) is 23.8 Å². The van der Waals surface area contributed by atoms with Crippen molar-refractivity contribution >= 4 is 17.4 Å². The third-order valence-corrected chi connectivity index (χ3v) is 4.09. The summed E-state index contributed by atoms with van der Waals surface area (Å²) in [7, 11) is 0. The van der Waals surface area contributed by atoms with Gasteiger partial charge in [-0.3, -0.25) is 4.79 Å². The second kappa shape index (κ2) is 4.23. The highest BCUT2D eigenvalue weighted by molar-refractivity contribution is 6.26. The molecule has 2 aliphatic carbocycles. The van der Waals surface area contributed by atoms with Gasteiger partial charge in [-0.2, -0.15) is 0 Å². The van der Waals surface area contributed by atoms with Gasteiger partial charge < -0.3 is 10.8 Å². The topological polar surface area (TPSA) is 63.3 Å². The van der Waals surface area contributed by atoms with Crippen LogP contribution in [-0.2, 0) is 4.79 Å². The van der Waals surface area contributed by atoms with Crippen molar-refractivity contribution in [2.24, 2.45) is 5.73 Å². The molecule has 0 amide bonds. The SMILES string of the molecule is CC1(Cl)CC=CC=C1[C@@]1(N)CCC[C@H](O)C1=O. The van der Waals surface area contributed by atoms with Crippen molar-refractivity contribution in [3.63, 3.8) is 0 Å². The number of alkyl halides is 1. The maximum absolute atomic E-state index is 12.1. The van der Waals surface area contributed by atoms with Crippen LogP contribution in [0.4, 0.5) is 0 Å². The van der Waals surface area contributed by atoms with Crippen molar-refractivity contribution in [1.29, 1.82) is 0 Å². The van der Waals surface area contributed by atoms with Crippen molar-refractivity contribution in [2.75, 3.05) is 0 Å². The van der Waals surface area contributed by atoms with E-state index in [1.807, 2.05) is 25.2 Å². The Morgan fingerprint density at radius 1 is 1.59 bits per heavy atom. The summed E-state index contributed by atoms with van der Waals surface area (Å²) >= 11 is 6.44. The molecule has 1 unspecified atom stereocenters. The smallest absolute Gasteiger partial charge is 0.185 e. The Hall–Kier alpha value is -0.640. The molecule has 2 rings (SSSR count). The van der Waals surface area contributed by atoms with Crippen LogP contribution in [0.25, 0.3) is 0 Å². The third-order valence-electron chi connectivity index (χ3n) is 3.73. The standard InChI is InChI=1S/C13H18ClNO2/c1-12(14)7-3-2-6-10(12)13(15)8-4-5-9(16)11(13)17/h2-3,6,9,16H,4-5,7-8,15H2,1H3/t9-,12?,13-/m0/s1. The lowest BCUT2D eigenvalue weighted by atomic mass is 9.69. The van der Waals surface area contributed by atoms with E-state index in [0.29, 0.717) is 19.3 Å². The van der Waals surface area contributed by atoms with E-state index in [1.54, 1.807) is 0 Å². The molecule has 1 saturated carbocycles. The first-order chi connectivity index (χ1) is 7.88. The summed E-state index contributed by atoms with van der Waals surface area (Å²) in [5, 5.41) is 9.70. The van der Waals surface area contributed by atoms with Crippen LogP contribution in [0, 0.1) is 0 Å². The fourth-order valence-electron chi connectivity index (χ4n) is 2.74. The summed E-state index contributed by atoms with van der Waals surface area (Å²) < 4.78 is 0. The molecule has 0 aromatic carbocycles. The molecule has 0 radical (unpaired) electrons. The minimum atomic E-state index is -1.10. The Kier molecular flexibility index (Phi) is 3.19. The van der Waals surface area contributed by atoms with Gasteiger partial charge in [0.05, 0.1) is 4.87 Å². The number of aliphatic hydroxyl groups is 1. The molecule has 0 bridgehead atoms. The molecule has 94 valence electrons. The Balaban J connectivity index is 2.40. The van der Waals surface area contributed by atoms with Crippen LogP contribution in [0.3, 0.4) is 0 Å². The molecule has 0 aromatic heterocycles. The maximum Gasteiger partial charge on any atom is 0.185 e. The zero-order chi connectivity index (χ0) is 12.7. The summed E-state index contributed by atoms with van der Waals surface area (Å²) in [5.74, 6) is -0.294. The second-order valence-electron chi connectivity index (χ2n) is 5.15. The van der Waals surface area contributed by atoms with Crippen LogP contribution < -0.4 is 5.73 Å².